The van der Waals surface area contributed by atoms with Crippen LogP contribution < -0.4 is 0 Å². The molecule has 8 heteroatoms. The monoisotopic (exact) mass is 331 g/mol. The molecule has 1 aromatic heterocycles. The van der Waals surface area contributed by atoms with Crippen LogP contribution in [0, 0.1) is 6.92 Å². The zero-order chi connectivity index (χ0) is 13.8. The van der Waals surface area contributed by atoms with Crippen LogP contribution in [0.4, 0.5) is 0 Å². The number of nitrogens with zero attached hydrogens (tertiary/aromatic N) is 1. The smallest absolute Gasteiger partial charge is 0.252 e. The van der Waals surface area contributed by atoms with Crippen LogP contribution >= 0.6 is 34.5 Å². The first-order valence-corrected chi connectivity index (χ1v) is 8.41. The van der Waals surface area contributed by atoms with Gasteiger partial charge in [0.1, 0.15) is 4.21 Å². The number of methoxy groups -OCH3 is 1. The predicted molar refractivity (Wildman–Crippen MR) is 75.4 cm³/mol. The molecule has 104 valence electrons. The van der Waals surface area contributed by atoms with Crippen molar-refractivity contribution in [2.24, 2.45) is 0 Å². The molecule has 0 unspecified atom stereocenters. The molecular weight excluding hydrogens is 317 g/mol. The number of thiophene rings is 1. The SMILES string of the molecule is COCCN(CCCl)S(=O)(=O)c1cc(C)c(Cl)s1. The van der Waals surface area contributed by atoms with E-state index in [0.717, 1.165) is 16.9 Å². The van der Waals surface area contributed by atoms with Gasteiger partial charge in [0.2, 0.25) is 0 Å². The Labute approximate surface area is 122 Å². The number of rotatable bonds is 7. The van der Waals surface area contributed by atoms with Crippen LogP contribution in [-0.2, 0) is 14.8 Å². The van der Waals surface area contributed by atoms with Gasteiger partial charge in [0.25, 0.3) is 10.0 Å². The lowest BCUT2D eigenvalue weighted by molar-refractivity contribution is 0.180. The molecule has 0 radical (unpaired) electrons. The van der Waals surface area contributed by atoms with Crippen molar-refractivity contribution in [3.05, 3.63) is 16.0 Å². The zero-order valence-corrected chi connectivity index (χ0v) is 13.3. The number of hydrogen-bond acceptors (Lipinski definition) is 4. The van der Waals surface area contributed by atoms with Gasteiger partial charge in [0.15, 0.2) is 0 Å². The Morgan fingerprint density at radius 1 is 1.44 bits per heavy atom. The standard InChI is InChI=1S/C10H15Cl2NO3S2/c1-8-7-9(17-10(8)12)18(14,15)13(4-3-11)5-6-16-2/h7H,3-6H2,1-2H3. The molecule has 0 atom stereocenters. The minimum Gasteiger partial charge on any atom is -0.383 e. The van der Waals surface area contributed by atoms with E-state index in [2.05, 4.69) is 0 Å². The molecule has 1 rings (SSSR count). The van der Waals surface area contributed by atoms with Gasteiger partial charge in [-0.2, -0.15) is 4.31 Å². The normalized spacial score (nSPS) is 12.3. The van der Waals surface area contributed by atoms with Crippen molar-refractivity contribution in [1.82, 2.24) is 4.31 Å². The zero-order valence-electron chi connectivity index (χ0n) is 10.2. The van der Waals surface area contributed by atoms with E-state index in [4.69, 9.17) is 27.9 Å². The maximum atomic E-state index is 12.4. The van der Waals surface area contributed by atoms with Crippen molar-refractivity contribution in [3.8, 4) is 0 Å². The van der Waals surface area contributed by atoms with Crippen molar-refractivity contribution in [3.63, 3.8) is 0 Å². The van der Waals surface area contributed by atoms with E-state index >= 15 is 0 Å². The summed E-state index contributed by atoms with van der Waals surface area (Å²) in [5.41, 5.74) is 0.762. The molecule has 0 aromatic carbocycles. The number of aryl methyl sites for hydroxylation is 1. The number of ether oxygens (including phenoxy) is 1. The molecule has 18 heavy (non-hydrogen) atoms. The maximum Gasteiger partial charge on any atom is 0.252 e. The highest BCUT2D eigenvalue weighted by Crippen LogP contribution is 2.31. The van der Waals surface area contributed by atoms with Crippen LogP contribution in [-0.4, -0.2) is 45.4 Å². The summed E-state index contributed by atoms with van der Waals surface area (Å²) in [4.78, 5) is 0. The summed E-state index contributed by atoms with van der Waals surface area (Å²) in [6.45, 7) is 2.63. The predicted octanol–water partition coefficient (Wildman–Crippen LogP) is 2.59. The fraction of sp³-hybridized carbons (Fsp3) is 0.600. The summed E-state index contributed by atoms with van der Waals surface area (Å²) in [5.74, 6) is 0.237. The fourth-order valence-electron chi connectivity index (χ4n) is 1.33. The summed E-state index contributed by atoms with van der Waals surface area (Å²) in [6.07, 6.45) is 0. The van der Waals surface area contributed by atoms with Crippen LogP contribution in [0.2, 0.25) is 4.34 Å². The van der Waals surface area contributed by atoms with E-state index < -0.39 is 10.0 Å². The van der Waals surface area contributed by atoms with Gasteiger partial charge in [0.05, 0.1) is 10.9 Å². The molecular formula is C10H15Cl2NO3S2. The number of halogens is 2. The van der Waals surface area contributed by atoms with Gasteiger partial charge >= 0.3 is 0 Å². The second-order valence-corrected chi connectivity index (χ2v) is 7.81. The summed E-state index contributed by atoms with van der Waals surface area (Å²) in [5, 5.41) is 0. The number of alkyl halides is 1. The van der Waals surface area contributed by atoms with Crippen LogP contribution in [0.1, 0.15) is 5.56 Å². The first-order valence-electron chi connectivity index (χ1n) is 5.24. The van der Waals surface area contributed by atoms with Crippen molar-refractivity contribution in [2.45, 2.75) is 11.1 Å². The Balaban J connectivity index is 3.00. The van der Waals surface area contributed by atoms with Gasteiger partial charge in [-0.05, 0) is 18.6 Å². The van der Waals surface area contributed by atoms with Crippen molar-refractivity contribution < 1.29 is 13.2 Å². The molecule has 1 heterocycles. The molecule has 0 amide bonds. The highest BCUT2D eigenvalue weighted by molar-refractivity contribution is 7.91. The minimum absolute atomic E-state index is 0.237. The average Bonchev–Trinajstić information content (AvgIpc) is 2.65. The van der Waals surface area contributed by atoms with E-state index in [1.807, 2.05) is 0 Å². The number of hydrogen-bond donors (Lipinski definition) is 0. The Kier molecular flexibility index (Phi) is 6.37. The van der Waals surface area contributed by atoms with Gasteiger partial charge < -0.3 is 4.74 Å². The summed E-state index contributed by atoms with van der Waals surface area (Å²) < 4.78 is 31.7. The van der Waals surface area contributed by atoms with Crippen LogP contribution in [0.25, 0.3) is 0 Å². The Morgan fingerprint density at radius 2 is 2.11 bits per heavy atom. The van der Waals surface area contributed by atoms with Gasteiger partial charge in [-0.1, -0.05) is 11.6 Å². The molecule has 4 nitrogen and oxygen atoms in total. The van der Waals surface area contributed by atoms with E-state index in [1.54, 1.807) is 13.0 Å². The number of sulfonamides is 1. The van der Waals surface area contributed by atoms with Crippen molar-refractivity contribution in [1.29, 1.82) is 0 Å². The third-order valence-electron chi connectivity index (χ3n) is 2.31. The van der Waals surface area contributed by atoms with Crippen LogP contribution in [0.3, 0.4) is 0 Å². The molecule has 0 saturated heterocycles. The molecule has 0 N–H and O–H groups in total. The third kappa shape index (κ3) is 3.82. The molecule has 0 aliphatic heterocycles. The van der Waals surface area contributed by atoms with Gasteiger partial charge in [-0.15, -0.1) is 22.9 Å². The molecule has 0 aliphatic carbocycles. The first-order chi connectivity index (χ1) is 8.43. The van der Waals surface area contributed by atoms with Crippen LogP contribution in [0.5, 0.6) is 0 Å². The van der Waals surface area contributed by atoms with E-state index in [0.29, 0.717) is 10.9 Å². The van der Waals surface area contributed by atoms with E-state index in [1.165, 1.54) is 11.4 Å². The van der Waals surface area contributed by atoms with Crippen LogP contribution in [0.15, 0.2) is 10.3 Å². The van der Waals surface area contributed by atoms with Gasteiger partial charge in [-0.25, -0.2) is 8.42 Å². The second-order valence-electron chi connectivity index (χ2n) is 3.61. The lowest BCUT2D eigenvalue weighted by Gasteiger charge is -2.19. The summed E-state index contributed by atoms with van der Waals surface area (Å²) in [6, 6.07) is 1.58. The largest absolute Gasteiger partial charge is 0.383 e. The topological polar surface area (TPSA) is 46.6 Å². The third-order valence-corrected chi connectivity index (χ3v) is 6.38. The molecule has 0 fully saturated rings. The molecule has 1 aromatic rings. The van der Waals surface area contributed by atoms with Gasteiger partial charge in [-0.3, -0.25) is 0 Å². The maximum absolute atomic E-state index is 12.4. The summed E-state index contributed by atoms with van der Waals surface area (Å²) >= 11 is 12.6. The van der Waals surface area contributed by atoms with Crippen molar-refractivity contribution >= 4 is 44.6 Å². The lowest BCUT2D eigenvalue weighted by Crippen LogP contribution is -2.35. The quantitative estimate of drug-likeness (QED) is 0.721. The second kappa shape index (κ2) is 7.07. The van der Waals surface area contributed by atoms with E-state index in [-0.39, 0.29) is 23.2 Å². The Bertz CT molecular complexity index is 468. The lowest BCUT2D eigenvalue weighted by atomic mass is 10.4. The Morgan fingerprint density at radius 3 is 2.56 bits per heavy atom. The fourth-order valence-corrected chi connectivity index (χ4v) is 4.92. The molecule has 0 aliphatic rings. The molecule has 0 saturated carbocycles. The summed E-state index contributed by atoms with van der Waals surface area (Å²) in [7, 11) is -2.01. The van der Waals surface area contributed by atoms with Crippen molar-refractivity contribution in [2.75, 3.05) is 32.7 Å². The molecule has 0 spiro atoms. The molecule has 0 bridgehead atoms. The first kappa shape index (κ1) is 16.2. The minimum atomic E-state index is -3.53. The Hall–Kier alpha value is 0.150. The van der Waals surface area contributed by atoms with Gasteiger partial charge in [0, 0.05) is 26.1 Å². The highest BCUT2D eigenvalue weighted by atomic mass is 35.5. The average molecular weight is 332 g/mol. The highest BCUT2D eigenvalue weighted by Gasteiger charge is 2.26. The van der Waals surface area contributed by atoms with E-state index in [9.17, 15) is 8.42 Å².